The summed E-state index contributed by atoms with van der Waals surface area (Å²) in [7, 11) is 0. The lowest BCUT2D eigenvalue weighted by atomic mass is 10.1. The van der Waals surface area contributed by atoms with Gasteiger partial charge in [-0.3, -0.25) is 4.79 Å². The molecule has 1 amide bonds. The molecule has 1 aromatic heterocycles. The number of rotatable bonds is 3. The Morgan fingerprint density at radius 3 is 2.83 bits per heavy atom. The summed E-state index contributed by atoms with van der Waals surface area (Å²) >= 11 is 0. The van der Waals surface area contributed by atoms with Gasteiger partial charge in [0, 0.05) is 6.04 Å². The van der Waals surface area contributed by atoms with Crippen LogP contribution in [0.25, 0.3) is 0 Å². The Bertz CT molecular complexity index is 539. The van der Waals surface area contributed by atoms with E-state index in [9.17, 15) is 4.79 Å². The summed E-state index contributed by atoms with van der Waals surface area (Å²) < 4.78 is 5.11. The number of nitrogens with one attached hydrogen (secondary N) is 1. The van der Waals surface area contributed by atoms with Crippen LogP contribution < -0.4 is 5.32 Å². The van der Waals surface area contributed by atoms with Gasteiger partial charge in [0.2, 0.25) is 5.89 Å². The van der Waals surface area contributed by atoms with Crippen LogP contribution in [0.1, 0.15) is 49.1 Å². The van der Waals surface area contributed by atoms with Crippen molar-refractivity contribution in [1.29, 1.82) is 5.26 Å². The molecule has 0 radical (unpaired) electrons. The molecule has 6 heteroatoms. The van der Waals surface area contributed by atoms with Gasteiger partial charge < -0.3 is 9.84 Å². The van der Waals surface area contributed by atoms with E-state index in [1.165, 1.54) is 0 Å². The lowest BCUT2D eigenvalue weighted by Crippen LogP contribution is -2.26. The first-order valence-corrected chi connectivity index (χ1v) is 6.08. The molecule has 1 heterocycles. The van der Waals surface area contributed by atoms with Crippen molar-refractivity contribution in [2.75, 3.05) is 0 Å². The van der Waals surface area contributed by atoms with Gasteiger partial charge in [0.15, 0.2) is 0 Å². The Balaban J connectivity index is 1.74. The highest BCUT2D eigenvalue weighted by atomic mass is 16.5. The van der Waals surface area contributed by atoms with Gasteiger partial charge in [0.05, 0.1) is 17.9 Å². The Morgan fingerprint density at radius 2 is 2.28 bits per heavy atom. The lowest BCUT2D eigenvalue weighted by molar-refractivity contribution is 0.0937. The van der Waals surface area contributed by atoms with E-state index in [0.29, 0.717) is 5.89 Å². The Kier molecular flexibility index (Phi) is 2.21. The summed E-state index contributed by atoms with van der Waals surface area (Å²) in [5.41, 5.74) is -0.147. The molecule has 0 bridgehead atoms. The number of amides is 1. The van der Waals surface area contributed by atoms with Crippen LogP contribution in [-0.2, 0) is 0 Å². The zero-order valence-electron chi connectivity index (χ0n) is 10.3. The van der Waals surface area contributed by atoms with Gasteiger partial charge >= 0.3 is 0 Å². The smallest absolute Gasteiger partial charge is 0.292 e. The maximum Gasteiger partial charge on any atom is 0.292 e. The second-order valence-corrected chi connectivity index (χ2v) is 5.61. The minimum atomic E-state index is -0.292. The van der Waals surface area contributed by atoms with E-state index in [4.69, 9.17) is 9.78 Å². The van der Waals surface area contributed by atoms with Gasteiger partial charge in [0.1, 0.15) is 0 Å². The monoisotopic (exact) mass is 246 g/mol. The van der Waals surface area contributed by atoms with Crippen LogP contribution in [0.2, 0.25) is 0 Å². The number of aromatic nitrogens is 2. The van der Waals surface area contributed by atoms with E-state index in [1.54, 1.807) is 0 Å². The molecule has 1 aromatic rings. The van der Waals surface area contributed by atoms with Crippen LogP contribution in [0.15, 0.2) is 4.52 Å². The van der Waals surface area contributed by atoms with E-state index in [2.05, 4.69) is 21.5 Å². The SMILES string of the molecule is CC1(C)C(C#N)C1c1nc(C(=O)NC2CC2)no1. The number of carbonyl (C=O) groups is 1. The minimum Gasteiger partial charge on any atom is -0.346 e. The zero-order valence-corrected chi connectivity index (χ0v) is 10.3. The molecule has 18 heavy (non-hydrogen) atoms. The highest BCUT2D eigenvalue weighted by molar-refractivity contribution is 5.90. The molecule has 0 aromatic carbocycles. The molecule has 2 aliphatic carbocycles. The van der Waals surface area contributed by atoms with E-state index < -0.39 is 0 Å². The van der Waals surface area contributed by atoms with Crippen molar-refractivity contribution < 1.29 is 9.32 Å². The van der Waals surface area contributed by atoms with Gasteiger partial charge in [-0.05, 0) is 18.3 Å². The maximum absolute atomic E-state index is 11.7. The molecule has 2 saturated carbocycles. The molecule has 2 aliphatic rings. The fraction of sp³-hybridized carbons (Fsp3) is 0.667. The average molecular weight is 246 g/mol. The molecule has 0 aliphatic heterocycles. The van der Waals surface area contributed by atoms with Crippen molar-refractivity contribution in [1.82, 2.24) is 15.5 Å². The number of nitrogens with zero attached hydrogens (tertiary/aromatic N) is 3. The van der Waals surface area contributed by atoms with Gasteiger partial charge in [-0.1, -0.05) is 19.0 Å². The van der Waals surface area contributed by atoms with Crippen LogP contribution >= 0.6 is 0 Å². The number of hydrogen-bond acceptors (Lipinski definition) is 5. The predicted molar refractivity (Wildman–Crippen MR) is 60.4 cm³/mol. The molecular formula is C12H14N4O2. The van der Waals surface area contributed by atoms with E-state index in [0.717, 1.165) is 12.8 Å². The highest BCUT2D eigenvalue weighted by Gasteiger charge is 2.62. The lowest BCUT2D eigenvalue weighted by Gasteiger charge is -1.96. The van der Waals surface area contributed by atoms with E-state index in [-0.39, 0.29) is 35.0 Å². The fourth-order valence-corrected chi connectivity index (χ4v) is 2.27. The molecule has 1 N–H and O–H groups in total. The van der Waals surface area contributed by atoms with Crippen molar-refractivity contribution in [2.45, 2.75) is 38.6 Å². The Labute approximate surface area is 104 Å². The van der Waals surface area contributed by atoms with Gasteiger partial charge in [-0.15, -0.1) is 0 Å². The van der Waals surface area contributed by atoms with Crippen LogP contribution in [0, 0.1) is 22.7 Å². The first-order chi connectivity index (χ1) is 8.54. The van der Waals surface area contributed by atoms with Crippen molar-refractivity contribution >= 4 is 5.91 Å². The minimum absolute atomic E-state index is 0.0579. The summed E-state index contributed by atoms with van der Waals surface area (Å²) in [6.07, 6.45) is 2.03. The topological polar surface area (TPSA) is 91.8 Å². The standard InChI is InChI=1S/C12H14N4O2/c1-12(2)7(5-13)8(12)11-15-9(16-18-11)10(17)14-6-3-4-6/h6-8H,3-4H2,1-2H3,(H,14,17). The fourth-order valence-electron chi connectivity index (χ4n) is 2.27. The third-order valence-electron chi connectivity index (χ3n) is 3.79. The van der Waals surface area contributed by atoms with Crippen LogP contribution in [-0.4, -0.2) is 22.1 Å². The van der Waals surface area contributed by atoms with Gasteiger partial charge in [0.25, 0.3) is 11.7 Å². The second-order valence-electron chi connectivity index (χ2n) is 5.61. The summed E-state index contributed by atoms with van der Waals surface area (Å²) in [6.45, 7) is 3.97. The van der Waals surface area contributed by atoms with E-state index >= 15 is 0 Å². The molecule has 2 unspecified atom stereocenters. The van der Waals surface area contributed by atoms with Crippen molar-refractivity contribution in [2.24, 2.45) is 11.3 Å². The summed E-state index contributed by atoms with van der Waals surface area (Å²) in [5.74, 6) is -0.00183. The molecule has 0 spiro atoms. The summed E-state index contributed by atoms with van der Waals surface area (Å²) in [6, 6.07) is 2.50. The normalized spacial score (nSPS) is 28.5. The quantitative estimate of drug-likeness (QED) is 0.865. The van der Waals surface area contributed by atoms with Crippen LogP contribution in [0.4, 0.5) is 0 Å². The molecule has 6 nitrogen and oxygen atoms in total. The summed E-state index contributed by atoms with van der Waals surface area (Å²) in [4.78, 5) is 15.8. The zero-order chi connectivity index (χ0) is 12.9. The van der Waals surface area contributed by atoms with Crippen LogP contribution in [0.5, 0.6) is 0 Å². The molecule has 3 rings (SSSR count). The molecule has 0 saturated heterocycles. The number of hydrogen-bond donors (Lipinski definition) is 1. The van der Waals surface area contributed by atoms with Crippen molar-refractivity contribution in [3.63, 3.8) is 0 Å². The van der Waals surface area contributed by atoms with Crippen LogP contribution in [0.3, 0.4) is 0 Å². The van der Waals surface area contributed by atoms with Crippen molar-refractivity contribution in [3.05, 3.63) is 11.7 Å². The Morgan fingerprint density at radius 1 is 1.56 bits per heavy atom. The van der Waals surface area contributed by atoms with Gasteiger partial charge in [-0.2, -0.15) is 10.2 Å². The predicted octanol–water partition coefficient (Wildman–Crippen LogP) is 1.22. The first kappa shape index (κ1) is 11.2. The third kappa shape index (κ3) is 1.67. The van der Waals surface area contributed by atoms with E-state index in [1.807, 2.05) is 13.8 Å². The number of carbonyl (C=O) groups excluding carboxylic acids is 1. The Hall–Kier alpha value is -1.90. The first-order valence-electron chi connectivity index (χ1n) is 6.08. The van der Waals surface area contributed by atoms with Gasteiger partial charge in [-0.25, -0.2) is 0 Å². The number of nitriles is 1. The third-order valence-corrected chi connectivity index (χ3v) is 3.79. The average Bonchev–Trinajstić information content (AvgIpc) is 3.16. The second kappa shape index (κ2) is 3.55. The molecule has 2 fully saturated rings. The van der Waals surface area contributed by atoms with Crippen molar-refractivity contribution in [3.8, 4) is 6.07 Å². The largest absolute Gasteiger partial charge is 0.346 e. The summed E-state index contributed by atoms with van der Waals surface area (Å²) in [5, 5.41) is 15.5. The highest BCUT2D eigenvalue weighted by Crippen LogP contribution is 2.63. The molecule has 2 atom stereocenters. The molecule has 94 valence electrons. The molecular weight excluding hydrogens is 232 g/mol. The maximum atomic E-state index is 11.7.